The zero-order chi connectivity index (χ0) is 63.2. The Morgan fingerprint density at radius 2 is 0.880 bits per heavy atom. The predicted octanol–water partition coefficient (Wildman–Crippen LogP) is 8.48. The maximum Gasteiger partial charge on any atom is 0.338 e. The van der Waals surface area contributed by atoms with Crippen LogP contribution in [0.25, 0.3) is 0 Å². The van der Waals surface area contributed by atoms with Gasteiger partial charge in [-0.3, -0.25) is 24.0 Å². The first kappa shape index (κ1) is 75.0. The molecule has 2 fully saturated rings. The number of amides is 3. The summed E-state index contributed by atoms with van der Waals surface area (Å²) >= 11 is 0. The Balaban J connectivity index is 0.000000575. The number of ether oxygens (including phenoxy) is 4. The van der Waals surface area contributed by atoms with Crippen LogP contribution in [-0.4, -0.2) is 126 Å². The maximum atomic E-state index is 13.7. The molecule has 0 saturated carbocycles. The van der Waals surface area contributed by atoms with E-state index in [1.54, 1.807) is 27.7 Å². The lowest BCUT2D eigenvalue weighted by Crippen LogP contribution is -2.57. The highest BCUT2D eigenvalue weighted by Crippen LogP contribution is 2.36. The molecule has 26 heteroatoms. The number of benzene rings is 3. The van der Waals surface area contributed by atoms with Crippen molar-refractivity contribution >= 4 is 35.3 Å². The Bertz CT molecular complexity index is 2740. The third kappa shape index (κ3) is 23.2. The first-order valence-electron chi connectivity index (χ1n) is 25.7. The van der Waals surface area contributed by atoms with Crippen molar-refractivity contribution in [2.45, 2.75) is 146 Å². The highest BCUT2D eigenvalue weighted by Gasteiger charge is 2.47. The summed E-state index contributed by atoms with van der Waals surface area (Å²) in [5.41, 5.74) is 1.77. The number of hydrogen-bond acceptors (Lipinski definition) is 13. The van der Waals surface area contributed by atoms with Gasteiger partial charge in [-0.25, -0.2) is 44.3 Å². The van der Waals surface area contributed by atoms with Gasteiger partial charge >= 0.3 is 5.97 Å². The van der Waals surface area contributed by atoms with Crippen molar-refractivity contribution in [3.05, 3.63) is 105 Å². The molecule has 8 N–H and O–H groups in total. The Morgan fingerprint density at radius 1 is 0.566 bits per heavy atom. The largest absolute Gasteiger partial charge is 0.478 e. The minimum atomic E-state index is -1.63. The van der Waals surface area contributed by atoms with Crippen LogP contribution in [0.1, 0.15) is 141 Å². The van der Waals surface area contributed by atoms with Crippen LogP contribution >= 0.6 is 0 Å². The molecule has 3 aromatic carbocycles. The summed E-state index contributed by atoms with van der Waals surface area (Å²) in [5.74, 6) is -18.3. The number of Topliss-reactive ketones (excluding diaryl/α,β-unsaturated/α-hetero) is 2. The Labute approximate surface area is 477 Å². The average Bonchev–Trinajstić information content (AvgIpc) is 3.36. The molecule has 0 aliphatic carbocycles. The fourth-order valence-electron chi connectivity index (χ4n) is 7.33. The van der Waals surface area contributed by atoms with Crippen molar-refractivity contribution in [2.24, 2.45) is 33.8 Å². The molecule has 3 aromatic rings. The van der Waals surface area contributed by atoms with E-state index >= 15 is 0 Å². The molecular formula is C57H79F9N4O13. The van der Waals surface area contributed by atoms with Crippen LogP contribution < -0.4 is 21.7 Å². The van der Waals surface area contributed by atoms with Crippen LogP contribution in [0.3, 0.4) is 0 Å². The molecule has 2 aliphatic heterocycles. The lowest BCUT2D eigenvalue weighted by Gasteiger charge is -2.44. The lowest BCUT2D eigenvalue weighted by atomic mass is 9.85. The van der Waals surface area contributed by atoms with Gasteiger partial charge in [0.1, 0.15) is 35.8 Å². The number of carbonyl (C=O) groups is 6. The second kappa shape index (κ2) is 31.2. The van der Waals surface area contributed by atoms with Gasteiger partial charge in [0.25, 0.3) is 0 Å². The van der Waals surface area contributed by atoms with E-state index in [2.05, 4.69) is 16.0 Å². The number of nitrogens with two attached hydrogens (primary N) is 1. The summed E-state index contributed by atoms with van der Waals surface area (Å²) in [6.45, 7) is 23.9. The van der Waals surface area contributed by atoms with Gasteiger partial charge in [0, 0.05) is 73.0 Å². The Morgan fingerprint density at radius 3 is 1.22 bits per heavy atom. The standard InChI is InChI=1S/C20H26F3NO4.C17H22F3NO4.C12H24N2O3.C7H3F3O2.CH4/c1-11(6-16(25)12-7-14(22)15(23)8-13(12)21)9-24-18(26)17-19(2,3)10-27-20(4,5)28-17;1-9(7-21-16(25)15(24)17(2,3)8-22)4-14(23)10-5-12(19)13(20)6-11(10)18;1-8(13)6-14-10(15)9-11(2,3)7-16-12(4,5)17-9;8-4-2-6(10)5(9)1-3(4)7(11)12;/h7-8,11,17H,6,9-10H2,1-5H3,(H,24,26);5-6,9,15,22,24H,4,7-8H2,1-3H3,(H,21,25);8-9H,6-7,13H2,1-5H3,(H,14,15);1-2H,(H,11,12);1H4/t11-,17+;9-,15+;8-,9-;;/m110../s1. The molecule has 0 aromatic heterocycles. The van der Waals surface area contributed by atoms with E-state index in [0.29, 0.717) is 50.1 Å². The number of ketones is 2. The molecule has 0 unspecified atom stereocenters. The quantitative estimate of drug-likeness (QED) is 0.0358. The fraction of sp³-hybridized carbons (Fsp3) is 0.579. The van der Waals surface area contributed by atoms with Gasteiger partial charge in [0.2, 0.25) is 17.7 Å². The van der Waals surface area contributed by atoms with E-state index in [4.69, 9.17) is 34.9 Å². The van der Waals surface area contributed by atoms with E-state index < -0.39 is 146 Å². The number of aliphatic hydroxyl groups excluding tert-OH is 2. The number of carbonyl (C=O) groups excluding carboxylic acids is 5. The van der Waals surface area contributed by atoms with Crippen molar-refractivity contribution in [3.8, 4) is 0 Å². The van der Waals surface area contributed by atoms with E-state index in [0.717, 1.165) is 0 Å². The molecule has 3 amide bonds. The Hall–Kier alpha value is -6.03. The van der Waals surface area contributed by atoms with Crippen LogP contribution in [0.2, 0.25) is 0 Å². The zero-order valence-electron chi connectivity index (χ0n) is 48.0. The average molecular weight is 1200 g/mol. The minimum Gasteiger partial charge on any atom is -0.478 e. The monoisotopic (exact) mass is 1200 g/mol. The second-order valence-electron chi connectivity index (χ2n) is 23.1. The number of aromatic carboxylic acids is 1. The molecule has 17 nitrogen and oxygen atoms in total. The molecule has 83 heavy (non-hydrogen) atoms. The number of aliphatic hydroxyl groups is 2. The van der Waals surface area contributed by atoms with E-state index in [1.807, 2.05) is 48.5 Å². The number of carboxylic acids is 1. The van der Waals surface area contributed by atoms with E-state index in [1.165, 1.54) is 13.8 Å². The number of nitrogens with one attached hydrogen (secondary N) is 3. The van der Waals surface area contributed by atoms with Gasteiger partial charge in [-0.2, -0.15) is 0 Å². The molecule has 2 heterocycles. The minimum absolute atomic E-state index is 0. The number of carboxylic acid groups (broad SMARTS) is 1. The molecule has 0 bridgehead atoms. The summed E-state index contributed by atoms with van der Waals surface area (Å²) in [4.78, 5) is 70.8. The second-order valence-corrected chi connectivity index (χ2v) is 23.1. The molecule has 6 atom stereocenters. The molecule has 0 radical (unpaired) electrons. The predicted molar refractivity (Wildman–Crippen MR) is 286 cm³/mol. The summed E-state index contributed by atoms with van der Waals surface area (Å²) < 4.78 is 139. The van der Waals surface area contributed by atoms with Crippen LogP contribution in [0.4, 0.5) is 39.5 Å². The van der Waals surface area contributed by atoms with Gasteiger partial charge in [-0.1, -0.05) is 62.8 Å². The van der Waals surface area contributed by atoms with Crippen molar-refractivity contribution in [1.82, 2.24) is 16.0 Å². The normalized spacial score (nSPS) is 18.9. The third-order valence-corrected chi connectivity index (χ3v) is 12.5. The molecule has 0 spiro atoms. The Kier molecular flexibility index (Phi) is 28.2. The molecule has 2 aliphatic rings. The first-order valence-corrected chi connectivity index (χ1v) is 25.7. The summed E-state index contributed by atoms with van der Waals surface area (Å²) in [7, 11) is 0. The van der Waals surface area contributed by atoms with Gasteiger partial charge in [0.15, 0.2) is 58.0 Å². The van der Waals surface area contributed by atoms with Crippen molar-refractivity contribution in [3.63, 3.8) is 0 Å². The van der Waals surface area contributed by atoms with Gasteiger partial charge in [-0.05, 0) is 64.7 Å². The third-order valence-electron chi connectivity index (χ3n) is 12.5. The SMILES string of the molecule is C.C[C@@H](CNC(=O)[C@@H]1OC(C)(C)OCC1(C)C)CC(=O)c1cc(F)c(F)cc1F.C[C@@H](CNC(=O)[C@H](O)C(C)(C)CO)CC(=O)c1cc(F)c(F)cc1F.C[C@H](N)CNC(=O)[C@@H]1OC(C)(C)OCC1(C)C.O=C(O)c1cc(F)c(F)cc1F. The molecular weight excluding hydrogens is 1120 g/mol. The van der Waals surface area contributed by atoms with Crippen LogP contribution in [0, 0.1) is 80.4 Å². The number of halogens is 9. The highest BCUT2D eigenvalue weighted by atomic mass is 19.2. The van der Waals surface area contributed by atoms with Crippen molar-refractivity contribution in [1.29, 1.82) is 0 Å². The van der Waals surface area contributed by atoms with E-state index in [9.17, 15) is 73.4 Å². The molecule has 2 saturated heterocycles. The highest BCUT2D eigenvalue weighted by molar-refractivity contribution is 5.97. The zero-order valence-corrected chi connectivity index (χ0v) is 48.0. The molecule has 5 rings (SSSR count). The topological polar surface area (TPSA) is 262 Å². The van der Waals surface area contributed by atoms with Gasteiger partial charge < -0.3 is 56.0 Å². The summed E-state index contributed by atoms with van der Waals surface area (Å²) in [5, 5.41) is 35.2. The summed E-state index contributed by atoms with van der Waals surface area (Å²) in [6.07, 6.45) is -3.02. The number of hydrogen-bond donors (Lipinski definition) is 7. The maximum absolute atomic E-state index is 13.7. The van der Waals surface area contributed by atoms with Gasteiger partial charge in [-0.15, -0.1) is 0 Å². The summed E-state index contributed by atoms with van der Waals surface area (Å²) in [6, 6.07) is 2.15. The molecule has 468 valence electrons. The van der Waals surface area contributed by atoms with Crippen molar-refractivity contribution < 1.29 is 103 Å². The fourth-order valence-corrected chi connectivity index (χ4v) is 7.33. The number of rotatable bonds is 18. The van der Waals surface area contributed by atoms with Crippen LogP contribution in [0.15, 0.2) is 36.4 Å². The van der Waals surface area contributed by atoms with Crippen LogP contribution in [0.5, 0.6) is 0 Å². The first-order chi connectivity index (χ1) is 37.5. The van der Waals surface area contributed by atoms with E-state index in [-0.39, 0.29) is 68.6 Å². The lowest BCUT2D eigenvalue weighted by molar-refractivity contribution is -0.304. The van der Waals surface area contributed by atoms with Gasteiger partial charge in [0.05, 0.1) is 36.5 Å². The van der Waals surface area contributed by atoms with Crippen LogP contribution in [-0.2, 0) is 33.3 Å². The smallest absolute Gasteiger partial charge is 0.338 e. The van der Waals surface area contributed by atoms with Crippen molar-refractivity contribution in [2.75, 3.05) is 39.5 Å².